The summed E-state index contributed by atoms with van der Waals surface area (Å²) >= 11 is 0. The summed E-state index contributed by atoms with van der Waals surface area (Å²) in [4.78, 5) is 3.66. The first kappa shape index (κ1) is 12.9. The molecule has 1 aromatic heterocycles. The van der Waals surface area contributed by atoms with Crippen LogP contribution in [0, 0.1) is 22.7 Å². The molecule has 0 spiro atoms. The third-order valence-corrected chi connectivity index (χ3v) is 3.65. The molecular formula is C9H9N5O2S. The lowest BCUT2D eigenvalue weighted by Crippen LogP contribution is -2.33. The second kappa shape index (κ2) is 5.25. The smallest absolute Gasteiger partial charge is 0.264 e. The van der Waals surface area contributed by atoms with Gasteiger partial charge in [0.25, 0.3) is 10.0 Å². The van der Waals surface area contributed by atoms with Gasteiger partial charge in [-0.15, -0.1) is 0 Å². The predicted molar refractivity (Wildman–Crippen MR) is 58.6 cm³/mol. The lowest BCUT2D eigenvalue weighted by molar-refractivity contribution is 0.477. The molecule has 7 nitrogen and oxygen atoms in total. The summed E-state index contributed by atoms with van der Waals surface area (Å²) in [5.74, 6) is 0. The minimum Gasteiger partial charge on any atom is -0.396 e. The van der Waals surface area contributed by atoms with Gasteiger partial charge in [0.2, 0.25) is 0 Å². The predicted octanol–water partition coefficient (Wildman–Crippen LogP) is -0.298. The van der Waals surface area contributed by atoms with Crippen molar-refractivity contribution in [3.63, 3.8) is 0 Å². The van der Waals surface area contributed by atoms with Crippen LogP contribution in [0.5, 0.6) is 0 Å². The molecular weight excluding hydrogens is 242 g/mol. The van der Waals surface area contributed by atoms with Crippen LogP contribution in [0.25, 0.3) is 0 Å². The number of hydrogen-bond donors (Lipinski definition) is 1. The van der Waals surface area contributed by atoms with Crippen molar-refractivity contribution in [2.75, 3.05) is 18.8 Å². The molecule has 0 amide bonds. The Balaban J connectivity index is 3.23. The molecule has 0 aliphatic heterocycles. The number of nitriles is 2. The highest BCUT2D eigenvalue weighted by atomic mass is 32.2. The lowest BCUT2D eigenvalue weighted by Gasteiger charge is -2.15. The van der Waals surface area contributed by atoms with Crippen LogP contribution in [-0.4, -0.2) is 30.8 Å². The molecule has 0 saturated carbocycles. The molecule has 0 unspecified atom stereocenters. The summed E-state index contributed by atoms with van der Waals surface area (Å²) in [5, 5.41) is 16.7. The summed E-state index contributed by atoms with van der Waals surface area (Å²) < 4.78 is 24.7. The summed E-state index contributed by atoms with van der Waals surface area (Å²) in [6.07, 6.45) is 1.28. The highest BCUT2D eigenvalue weighted by Crippen LogP contribution is 2.18. The molecule has 1 rings (SSSR count). The van der Waals surface area contributed by atoms with E-state index in [0.29, 0.717) is 4.31 Å². The highest BCUT2D eigenvalue weighted by Gasteiger charge is 2.27. The number of hydrogen-bond acceptors (Lipinski definition) is 6. The Hall–Kier alpha value is -2.16. The van der Waals surface area contributed by atoms with Gasteiger partial charge in [0, 0.05) is 6.20 Å². The SMILES string of the molecule is N#CCN(CC#N)S(=O)(=O)c1ncccc1N. The Bertz CT molecular complexity index is 568. The number of nitrogen functional groups attached to an aromatic ring is 1. The molecule has 0 bridgehead atoms. The van der Waals surface area contributed by atoms with Crippen molar-refractivity contribution >= 4 is 15.7 Å². The molecule has 0 atom stereocenters. The Morgan fingerprint density at radius 1 is 1.35 bits per heavy atom. The van der Waals surface area contributed by atoms with E-state index in [1.54, 1.807) is 12.1 Å². The number of aromatic nitrogens is 1. The van der Waals surface area contributed by atoms with E-state index in [-0.39, 0.29) is 10.7 Å². The van der Waals surface area contributed by atoms with Gasteiger partial charge in [-0.3, -0.25) is 0 Å². The topological polar surface area (TPSA) is 124 Å². The Labute approximate surface area is 98.8 Å². The van der Waals surface area contributed by atoms with E-state index in [9.17, 15) is 8.42 Å². The number of pyridine rings is 1. The number of nitrogens with zero attached hydrogens (tertiary/aromatic N) is 4. The van der Waals surface area contributed by atoms with E-state index in [0.717, 1.165) is 0 Å². The molecule has 8 heteroatoms. The highest BCUT2D eigenvalue weighted by molar-refractivity contribution is 7.89. The van der Waals surface area contributed by atoms with Crippen molar-refractivity contribution in [1.82, 2.24) is 9.29 Å². The van der Waals surface area contributed by atoms with Gasteiger partial charge in [0.05, 0.1) is 17.8 Å². The molecule has 1 heterocycles. The maximum Gasteiger partial charge on any atom is 0.264 e. The van der Waals surface area contributed by atoms with E-state index < -0.39 is 23.1 Å². The van der Waals surface area contributed by atoms with Crippen molar-refractivity contribution in [2.24, 2.45) is 0 Å². The average molecular weight is 251 g/mol. The summed E-state index contributed by atoms with van der Waals surface area (Å²) in [7, 11) is -4.00. The molecule has 0 saturated heterocycles. The number of anilines is 1. The van der Waals surface area contributed by atoms with E-state index in [1.807, 2.05) is 0 Å². The fraction of sp³-hybridized carbons (Fsp3) is 0.222. The van der Waals surface area contributed by atoms with Gasteiger partial charge in [-0.05, 0) is 12.1 Å². The van der Waals surface area contributed by atoms with Gasteiger partial charge in [0.15, 0.2) is 5.03 Å². The quantitative estimate of drug-likeness (QED) is 0.732. The molecule has 0 radical (unpaired) electrons. The van der Waals surface area contributed by atoms with Crippen molar-refractivity contribution < 1.29 is 8.42 Å². The lowest BCUT2D eigenvalue weighted by atomic mass is 10.4. The zero-order chi connectivity index (χ0) is 12.9. The minimum atomic E-state index is -4.00. The maximum absolute atomic E-state index is 12.0. The van der Waals surface area contributed by atoms with Crippen molar-refractivity contribution in [1.29, 1.82) is 10.5 Å². The third-order valence-electron chi connectivity index (χ3n) is 1.88. The van der Waals surface area contributed by atoms with Crippen LogP contribution in [0.2, 0.25) is 0 Å². The molecule has 0 aliphatic carbocycles. The van der Waals surface area contributed by atoms with E-state index in [1.165, 1.54) is 18.3 Å². The third kappa shape index (κ3) is 2.69. The molecule has 17 heavy (non-hydrogen) atoms. The van der Waals surface area contributed by atoms with Crippen LogP contribution in [0.4, 0.5) is 5.69 Å². The normalized spacial score (nSPS) is 10.8. The molecule has 88 valence electrons. The Morgan fingerprint density at radius 3 is 2.41 bits per heavy atom. The fourth-order valence-corrected chi connectivity index (χ4v) is 2.38. The molecule has 2 N–H and O–H groups in total. The van der Waals surface area contributed by atoms with Crippen LogP contribution < -0.4 is 5.73 Å². The molecule has 0 aliphatic rings. The van der Waals surface area contributed by atoms with Crippen LogP contribution in [0.1, 0.15) is 0 Å². The number of nitrogens with two attached hydrogens (primary N) is 1. The second-order valence-electron chi connectivity index (χ2n) is 2.99. The van der Waals surface area contributed by atoms with Crippen molar-refractivity contribution in [3.8, 4) is 12.1 Å². The first-order valence-corrected chi connectivity index (χ1v) is 5.92. The van der Waals surface area contributed by atoms with Crippen molar-refractivity contribution in [2.45, 2.75) is 5.03 Å². The van der Waals surface area contributed by atoms with Crippen LogP contribution >= 0.6 is 0 Å². The standard InChI is InChI=1S/C9H9N5O2S/c10-3-6-14(7-4-11)17(15,16)9-8(12)2-1-5-13-9/h1-2,5H,6-7,12H2. The van der Waals surface area contributed by atoms with Gasteiger partial charge >= 0.3 is 0 Å². The van der Waals surface area contributed by atoms with Gasteiger partial charge < -0.3 is 5.73 Å². The zero-order valence-electron chi connectivity index (χ0n) is 8.74. The van der Waals surface area contributed by atoms with Gasteiger partial charge in [-0.25, -0.2) is 13.4 Å². The van der Waals surface area contributed by atoms with Gasteiger partial charge in [-0.1, -0.05) is 0 Å². The molecule has 0 fully saturated rings. The zero-order valence-corrected chi connectivity index (χ0v) is 9.55. The Morgan fingerprint density at radius 2 is 1.94 bits per heavy atom. The van der Waals surface area contributed by atoms with Crippen molar-refractivity contribution in [3.05, 3.63) is 18.3 Å². The summed E-state index contributed by atoms with van der Waals surface area (Å²) in [5.41, 5.74) is 5.48. The fourth-order valence-electron chi connectivity index (χ4n) is 1.12. The first-order chi connectivity index (χ1) is 8.04. The monoisotopic (exact) mass is 251 g/mol. The maximum atomic E-state index is 12.0. The largest absolute Gasteiger partial charge is 0.396 e. The van der Waals surface area contributed by atoms with E-state index in [2.05, 4.69) is 4.98 Å². The van der Waals surface area contributed by atoms with Crippen LogP contribution in [0.15, 0.2) is 23.4 Å². The number of rotatable bonds is 4. The Kier molecular flexibility index (Phi) is 3.99. The van der Waals surface area contributed by atoms with Gasteiger partial charge in [0.1, 0.15) is 13.1 Å². The van der Waals surface area contributed by atoms with E-state index in [4.69, 9.17) is 16.3 Å². The van der Waals surface area contributed by atoms with Crippen LogP contribution in [0.3, 0.4) is 0 Å². The van der Waals surface area contributed by atoms with Crippen LogP contribution in [-0.2, 0) is 10.0 Å². The second-order valence-corrected chi connectivity index (χ2v) is 4.84. The summed E-state index contributed by atoms with van der Waals surface area (Å²) in [6, 6.07) is 6.23. The van der Waals surface area contributed by atoms with Gasteiger partial charge in [-0.2, -0.15) is 14.8 Å². The number of sulfonamides is 1. The van der Waals surface area contributed by atoms with E-state index >= 15 is 0 Å². The molecule has 0 aromatic carbocycles. The molecule has 1 aromatic rings. The summed E-state index contributed by atoms with van der Waals surface area (Å²) in [6.45, 7) is -0.849. The first-order valence-electron chi connectivity index (χ1n) is 4.48. The minimum absolute atomic E-state index is 0.0200. The average Bonchev–Trinajstić information content (AvgIpc) is 2.29.